The molecule has 140 valence electrons. The molecule has 2 aliphatic carbocycles. The van der Waals surface area contributed by atoms with E-state index in [-0.39, 0.29) is 0 Å². The molecule has 3 heterocycles. The quantitative estimate of drug-likeness (QED) is 0.727. The number of rotatable bonds is 8. The van der Waals surface area contributed by atoms with Crippen LogP contribution in [0, 0.1) is 18.8 Å². The third-order valence-corrected chi connectivity index (χ3v) is 5.78. The fraction of sp³-hybridized carbons (Fsp3) is 0.700. The Labute approximate surface area is 154 Å². The van der Waals surface area contributed by atoms with Crippen LogP contribution in [0.2, 0.25) is 0 Å². The second kappa shape index (κ2) is 6.82. The van der Waals surface area contributed by atoms with Crippen LogP contribution in [0.4, 0.5) is 0 Å². The van der Waals surface area contributed by atoms with Gasteiger partial charge < -0.3 is 13.8 Å². The van der Waals surface area contributed by atoms with Gasteiger partial charge in [0.1, 0.15) is 5.76 Å². The molecule has 2 fully saturated rings. The fourth-order valence-electron chi connectivity index (χ4n) is 4.06. The summed E-state index contributed by atoms with van der Waals surface area (Å²) in [6.45, 7) is 7.49. The lowest BCUT2D eigenvalue weighted by Crippen LogP contribution is -2.36. The van der Waals surface area contributed by atoms with Crippen LogP contribution < -0.4 is 0 Å². The highest BCUT2D eigenvalue weighted by Crippen LogP contribution is 2.35. The number of hydrogen-bond acceptors (Lipinski definition) is 5. The number of fused-ring (bicyclic) bond motifs is 1. The summed E-state index contributed by atoms with van der Waals surface area (Å²) >= 11 is 0. The topological polar surface area (TPSA) is 56.3 Å². The van der Waals surface area contributed by atoms with Crippen LogP contribution in [0.1, 0.15) is 54.4 Å². The lowest BCUT2D eigenvalue weighted by atomic mass is 9.98. The number of imidazole rings is 1. The van der Waals surface area contributed by atoms with Crippen LogP contribution in [0.25, 0.3) is 0 Å². The maximum absolute atomic E-state index is 6.10. The Morgan fingerprint density at radius 3 is 2.77 bits per heavy atom. The third kappa shape index (κ3) is 3.71. The molecule has 0 N–H and O–H groups in total. The van der Waals surface area contributed by atoms with Gasteiger partial charge in [-0.15, -0.1) is 0 Å². The summed E-state index contributed by atoms with van der Waals surface area (Å²) in [5, 5.41) is 4.16. The molecule has 26 heavy (non-hydrogen) atoms. The molecule has 3 aliphatic rings. The highest BCUT2D eigenvalue weighted by molar-refractivity contribution is 5.23. The molecule has 0 amide bonds. The first kappa shape index (κ1) is 16.5. The smallest absolute Gasteiger partial charge is 0.133 e. The highest BCUT2D eigenvalue weighted by Gasteiger charge is 2.33. The molecule has 2 aromatic heterocycles. The van der Waals surface area contributed by atoms with Gasteiger partial charge in [-0.05, 0) is 44.4 Å². The van der Waals surface area contributed by atoms with Crippen LogP contribution in [0.15, 0.2) is 16.9 Å². The van der Waals surface area contributed by atoms with Gasteiger partial charge in [-0.1, -0.05) is 5.16 Å². The number of hydrogen-bond donors (Lipinski definition) is 0. The van der Waals surface area contributed by atoms with Crippen LogP contribution >= 0.6 is 0 Å². The minimum absolute atomic E-state index is 0.395. The van der Waals surface area contributed by atoms with E-state index in [0.717, 1.165) is 62.7 Å². The molecule has 0 saturated heterocycles. The van der Waals surface area contributed by atoms with E-state index in [0.29, 0.717) is 5.92 Å². The van der Waals surface area contributed by atoms with Gasteiger partial charge in [-0.2, -0.15) is 0 Å². The summed E-state index contributed by atoms with van der Waals surface area (Å²) in [4.78, 5) is 7.19. The number of aromatic nitrogens is 3. The summed E-state index contributed by atoms with van der Waals surface area (Å²) in [6.07, 6.45) is 7.47. The van der Waals surface area contributed by atoms with E-state index in [2.05, 4.69) is 21.0 Å². The first-order valence-electron chi connectivity index (χ1n) is 10.0. The Bertz CT molecular complexity index is 760. The minimum atomic E-state index is 0.395. The molecule has 0 radical (unpaired) electrons. The van der Waals surface area contributed by atoms with Gasteiger partial charge in [0.2, 0.25) is 0 Å². The molecule has 5 rings (SSSR count). The Balaban J connectivity index is 1.32. The second-order valence-corrected chi connectivity index (χ2v) is 8.45. The van der Waals surface area contributed by atoms with Gasteiger partial charge in [-0.25, -0.2) is 4.98 Å². The molecule has 6 heteroatoms. The summed E-state index contributed by atoms with van der Waals surface area (Å²) in [6, 6.07) is 2.03. The monoisotopic (exact) mass is 356 g/mol. The van der Waals surface area contributed by atoms with Crippen molar-refractivity contribution in [2.75, 3.05) is 19.8 Å². The molecular formula is C20H28N4O2. The average Bonchev–Trinajstić information content (AvgIpc) is 3.53. The molecule has 2 aromatic rings. The van der Waals surface area contributed by atoms with Crippen LogP contribution in [-0.2, 0) is 24.4 Å². The zero-order chi connectivity index (χ0) is 17.5. The predicted molar refractivity (Wildman–Crippen MR) is 96.6 cm³/mol. The van der Waals surface area contributed by atoms with Crippen molar-refractivity contribution in [2.45, 2.75) is 58.2 Å². The summed E-state index contributed by atoms with van der Waals surface area (Å²) in [5.41, 5.74) is 3.64. The zero-order valence-corrected chi connectivity index (χ0v) is 15.6. The van der Waals surface area contributed by atoms with E-state index in [9.17, 15) is 0 Å². The summed E-state index contributed by atoms with van der Waals surface area (Å²) in [5.74, 6) is 2.93. The van der Waals surface area contributed by atoms with E-state index in [4.69, 9.17) is 14.2 Å². The van der Waals surface area contributed by atoms with Crippen LogP contribution in [0.3, 0.4) is 0 Å². The van der Waals surface area contributed by atoms with Gasteiger partial charge in [0.05, 0.1) is 24.3 Å². The molecule has 1 aliphatic heterocycles. The normalized spacial score (nSPS) is 23.3. The molecule has 0 aromatic carbocycles. The molecule has 1 atom stereocenters. The Kier molecular flexibility index (Phi) is 4.33. The van der Waals surface area contributed by atoms with E-state index in [1.165, 1.54) is 37.1 Å². The Morgan fingerprint density at radius 1 is 1.19 bits per heavy atom. The van der Waals surface area contributed by atoms with E-state index >= 15 is 0 Å². The van der Waals surface area contributed by atoms with Crippen molar-refractivity contribution in [2.24, 2.45) is 11.8 Å². The molecular weight excluding hydrogens is 328 g/mol. The lowest BCUT2D eigenvalue weighted by Gasteiger charge is -2.32. The molecule has 6 nitrogen and oxygen atoms in total. The van der Waals surface area contributed by atoms with Crippen molar-refractivity contribution < 1.29 is 9.26 Å². The SMILES string of the molecule is Cc1cc(CN2Cc3ncn(CC4CC4)c3[C@H](COCC3CC3)C2)no1. The fourth-order valence-corrected chi connectivity index (χ4v) is 4.06. The van der Waals surface area contributed by atoms with Gasteiger partial charge >= 0.3 is 0 Å². The van der Waals surface area contributed by atoms with Crippen LogP contribution in [-0.4, -0.2) is 39.4 Å². The van der Waals surface area contributed by atoms with Crippen molar-refractivity contribution in [1.29, 1.82) is 0 Å². The average molecular weight is 356 g/mol. The second-order valence-electron chi connectivity index (χ2n) is 8.45. The van der Waals surface area contributed by atoms with Crippen LogP contribution in [0.5, 0.6) is 0 Å². The van der Waals surface area contributed by atoms with Crippen molar-refractivity contribution >= 4 is 0 Å². The Morgan fingerprint density at radius 2 is 2.04 bits per heavy atom. The maximum Gasteiger partial charge on any atom is 0.133 e. The molecule has 2 saturated carbocycles. The van der Waals surface area contributed by atoms with Gasteiger partial charge in [0, 0.05) is 50.5 Å². The van der Waals surface area contributed by atoms with Crippen molar-refractivity contribution in [1.82, 2.24) is 19.6 Å². The Hall–Kier alpha value is -1.66. The maximum atomic E-state index is 6.10. The van der Waals surface area contributed by atoms with Gasteiger partial charge in [0.15, 0.2) is 0 Å². The standard InChI is InChI=1S/C20H28N4O2/c1-14-6-18(22-26-14)9-23-8-17(12-25-11-16-4-5-16)20-19(10-23)21-13-24(20)7-15-2-3-15/h6,13,15-17H,2-5,7-12H2,1H3/t17-/m0/s1. The van der Waals surface area contributed by atoms with E-state index in [1.54, 1.807) is 0 Å². The van der Waals surface area contributed by atoms with Gasteiger partial charge in [-0.3, -0.25) is 4.90 Å². The minimum Gasteiger partial charge on any atom is -0.380 e. The third-order valence-electron chi connectivity index (χ3n) is 5.78. The van der Waals surface area contributed by atoms with Crippen molar-refractivity contribution in [3.8, 4) is 0 Å². The van der Waals surface area contributed by atoms with Gasteiger partial charge in [0.25, 0.3) is 0 Å². The largest absolute Gasteiger partial charge is 0.380 e. The van der Waals surface area contributed by atoms with Crippen molar-refractivity contribution in [3.63, 3.8) is 0 Å². The first-order chi connectivity index (χ1) is 12.7. The summed E-state index contributed by atoms with van der Waals surface area (Å²) in [7, 11) is 0. The summed E-state index contributed by atoms with van der Waals surface area (Å²) < 4.78 is 13.7. The number of ether oxygens (including phenoxy) is 1. The predicted octanol–water partition coefficient (Wildman–Crippen LogP) is 3.12. The molecule has 0 unspecified atom stereocenters. The van der Waals surface area contributed by atoms with E-state index in [1.807, 2.05) is 13.0 Å². The molecule has 0 bridgehead atoms. The zero-order valence-electron chi connectivity index (χ0n) is 15.6. The first-order valence-corrected chi connectivity index (χ1v) is 10.0. The van der Waals surface area contributed by atoms with Crippen molar-refractivity contribution in [3.05, 3.63) is 35.2 Å². The number of aryl methyl sites for hydroxylation is 1. The molecule has 0 spiro atoms. The van der Waals surface area contributed by atoms with E-state index < -0.39 is 0 Å². The highest BCUT2D eigenvalue weighted by atomic mass is 16.5. The number of nitrogens with zero attached hydrogens (tertiary/aromatic N) is 4. The lowest BCUT2D eigenvalue weighted by molar-refractivity contribution is 0.0858.